The Morgan fingerprint density at radius 1 is 0.652 bits per heavy atom. The number of hydrogen-bond donors (Lipinski definition) is 0. The van der Waals surface area contributed by atoms with E-state index in [0.29, 0.717) is 9.37 Å². The lowest BCUT2D eigenvalue weighted by Gasteiger charge is -2.15. The van der Waals surface area contributed by atoms with Crippen LogP contribution in [0.5, 0.6) is 0 Å². The zero-order chi connectivity index (χ0) is 35.7. The van der Waals surface area contributed by atoms with Crippen molar-refractivity contribution in [2.24, 2.45) is 14.1 Å². The van der Waals surface area contributed by atoms with E-state index in [4.69, 9.17) is 0 Å². The summed E-state index contributed by atoms with van der Waals surface area (Å²) in [6, 6.07) is 0. The van der Waals surface area contributed by atoms with Gasteiger partial charge in [-0.05, 0) is 83.1 Å². The second-order valence-electron chi connectivity index (χ2n) is 13.8. The molecular weight excluding hydrogens is 703 g/mol. The third-order valence-corrected chi connectivity index (χ3v) is 14.1. The summed E-state index contributed by atoms with van der Waals surface area (Å²) in [6.07, 6.45) is 8.59. The summed E-state index contributed by atoms with van der Waals surface area (Å²) in [5.41, 5.74) is 1.60. The van der Waals surface area contributed by atoms with Gasteiger partial charge in [-0.15, -0.1) is 21.5 Å². The molecule has 4 unspecified atom stereocenters. The van der Waals surface area contributed by atoms with E-state index in [9.17, 15) is 16.8 Å². The van der Waals surface area contributed by atoms with E-state index in [-0.39, 0.29) is 19.0 Å². The van der Waals surface area contributed by atoms with Crippen molar-refractivity contribution in [3.8, 4) is 0 Å². The maximum absolute atomic E-state index is 11.7. The highest BCUT2D eigenvalue weighted by atomic mass is 32.2. The first-order chi connectivity index (χ1) is 20.9. The molecule has 0 amide bonds. The first-order valence-electron chi connectivity index (χ1n) is 14.2. The molecule has 4 heterocycles. The lowest BCUT2D eigenvalue weighted by atomic mass is 10.3. The van der Waals surface area contributed by atoms with Gasteiger partial charge in [-0.1, -0.05) is 11.3 Å². The van der Waals surface area contributed by atoms with Crippen LogP contribution < -0.4 is 0 Å². The molecule has 0 fully saturated rings. The predicted octanol–water partition coefficient (Wildman–Crippen LogP) is 6.15. The number of aryl methyl sites for hydroxylation is 2. The van der Waals surface area contributed by atoms with Gasteiger partial charge in [0.05, 0.1) is 60.6 Å². The maximum atomic E-state index is 11.7. The highest BCUT2D eigenvalue weighted by Gasteiger charge is 2.25. The maximum Gasteiger partial charge on any atom is 0.204 e. The average molecular weight is 752 g/mol. The summed E-state index contributed by atoms with van der Waals surface area (Å²) in [7, 11) is -0.268. The number of imidazole rings is 1. The molecule has 4 atom stereocenters. The molecule has 0 bridgehead atoms. The Kier molecular flexibility index (Phi) is 16.1. The van der Waals surface area contributed by atoms with Crippen LogP contribution in [0.1, 0.15) is 83.1 Å². The van der Waals surface area contributed by atoms with Gasteiger partial charge in [0, 0.05) is 57.1 Å². The molecule has 0 radical (unpaired) electrons. The Morgan fingerprint density at radius 3 is 1.52 bits per heavy atom. The van der Waals surface area contributed by atoms with Crippen molar-refractivity contribution in [2.45, 2.75) is 121 Å². The van der Waals surface area contributed by atoms with Crippen LogP contribution >= 0.6 is 22.7 Å². The van der Waals surface area contributed by atoms with Gasteiger partial charge in [0.1, 0.15) is 10.5 Å². The first kappa shape index (κ1) is 42.2. The monoisotopic (exact) mass is 751 g/mol. The molecule has 4 aromatic heterocycles. The number of hydrogen-bond acceptors (Lipinski definition) is 11. The molecule has 0 saturated carbocycles. The van der Waals surface area contributed by atoms with Crippen LogP contribution in [0.25, 0.3) is 0 Å². The fourth-order valence-electron chi connectivity index (χ4n) is 2.72. The van der Waals surface area contributed by atoms with Crippen LogP contribution in [0.3, 0.4) is 0 Å². The number of aromatic nitrogens is 7. The zero-order valence-corrected chi connectivity index (χ0v) is 34.2. The van der Waals surface area contributed by atoms with E-state index in [1.165, 1.54) is 22.7 Å². The number of thiazole rings is 1. The molecule has 46 heavy (non-hydrogen) atoms. The molecule has 4 rings (SSSR count). The lowest BCUT2D eigenvalue weighted by Crippen LogP contribution is -2.21. The Balaban J connectivity index is 0.000000307. The summed E-state index contributed by atoms with van der Waals surface area (Å²) in [5, 5.41) is 13.9. The smallest absolute Gasteiger partial charge is 0.204 e. The topological polar surface area (TPSA) is 143 Å². The molecular formula is C29H49N7O4S6. The third kappa shape index (κ3) is 14.5. The highest BCUT2D eigenvalue weighted by Crippen LogP contribution is 2.22. The third-order valence-electron chi connectivity index (χ3n) is 5.06. The molecule has 0 N–H and O–H groups in total. The molecule has 0 aromatic carbocycles. The first-order valence-corrected chi connectivity index (χ1v) is 20.5. The molecule has 4 aromatic rings. The fraction of sp³-hybridized carbons (Fsp3) is 0.621. The summed E-state index contributed by atoms with van der Waals surface area (Å²) in [5.74, 6) is 0. The molecule has 17 heteroatoms. The van der Waals surface area contributed by atoms with Gasteiger partial charge in [-0.3, -0.25) is 21.5 Å². The summed E-state index contributed by atoms with van der Waals surface area (Å²) < 4.78 is 50.5. The molecule has 0 saturated heterocycles. The Morgan fingerprint density at radius 2 is 1.17 bits per heavy atom. The second kappa shape index (κ2) is 17.6. The summed E-state index contributed by atoms with van der Waals surface area (Å²) >= 11 is 2.78. The predicted molar refractivity (Wildman–Crippen MR) is 193 cm³/mol. The van der Waals surface area contributed by atoms with Crippen LogP contribution in [0.15, 0.2) is 60.6 Å². The average Bonchev–Trinajstić information content (AvgIpc) is 3.74. The van der Waals surface area contributed by atoms with Crippen molar-refractivity contribution in [2.75, 3.05) is 0 Å². The van der Waals surface area contributed by atoms with Crippen molar-refractivity contribution in [1.82, 2.24) is 34.5 Å². The Hall–Kier alpha value is -1.79. The second-order valence-corrected chi connectivity index (χ2v) is 24.7. The SMILES string of the molecule is CC(C)(C)S(=O)c1nccs1.CC(C)(C)S(=O)c1nncs1.Cn1cc(S(=O)C(C)(C)C)cn1.Cn1cnc(S(=O)C(C)(C)C)c1. The Bertz CT molecular complexity index is 1450. The minimum Gasteiger partial charge on any atom is -0.339 e. The van der Waals surface area contributed by atoms with Gasteiger partial charge < -0.3 is 4.57 Å². The minimum absolute atomic E-state index is 0.197. The van der Waals surface area contributed by atoms with Gasteiger partial charge in [0.25, 0.3) is 0 Å². The van der Waals surface area contributed by atoms with Crippen molar-refractivity contribution < 1.29 is 16.8 Å². The summed E-state index contributed by atoms with van der Waals surface area (Å²) in [4.78, 5) is 8.84. The van der Waals surface area contributed by atoms with Crippen LogP contribution in [0, 0.1) is 0 Å². The van der Waals surface area contributed by atoms with E-state index < -0.39 is 43.2 Å². The van der Waals surface area contributed by atoms with Gasteiger partial charge in [-0.25, -0.2) is 9.97 Å². The van der Waals surface area contributed by atoms with Crippen molar-refractivity contribution in [1.29, 1.82) is 0 Å². The minimum atomic E-state index is -1.02. The van der Waals surface area contributed by atoms with Crippen LogP contribution in [-0.2, 0) is 57.3 Å². The zero-order valence-electron chi connectivity index (χ0n) is 29.3. The molecule has 0 spiro atoms. The Labute approximate surface area is 292 Å². The quantitative estimate of drug-likeness (QED) is 0.240. The van der Waals surface area contributed by atoms with E-state index in [2.05, 4.69) is 25.3 Å². The lowest BCUT2D eigenvalue weighted by molar-refractivity contribution is 0.646. The van der Waals surface area contributed by atoms with Crippen LogP contribution in [0.2, 0.25) is 0 Å². The van der Waals surface area contributed by atoms with Gasteiger partial charge in [-0.2, -0.15) is 5.10 Å². The van der Waals surface area contributed by atoms with E-state index in [1.807, 2.05) is 103 Å². The van der Waals surface area contributed by atoms with Crippen LogP contribution in [-0.4, -0.2) is 70.3 Å². The van der Waals surface area contributed by atoms with E-state index in [1.54, 1.807) is 45.9 Å². The molecule has 0 aliphatic rings. The molecule has 0 aliphatic heterocycles. The molecule has 11 nitrogen and oxygen atoms in total. The van der Waals surface area contributed by atoms with Gasteiger partial charge in [0.2, 0.25) is 4.34 Å². The largest absolute Gasteiger partial charge is 0.339 e. The highest BCUT2D eigenvalue weighted by molar-refractivity contribution is 7.88. The van der Waals surface area contributed by atoms with Crippen molar-refractivity contribution in [3.05, 3.63) is 42.0 Å². The van der Waals surface area contributed by atoms with Crippen LogP contribution in [0.4, 0.5) is 0 Å². The standard InChI is InChI=1S/2C8H14N2OS.C7H11NOS2.C6H10N2OS2/c1-8(2,3)12(11)7-5-10(4)6-9-7;1-8(2,3)12(11)7-5-9-10(4)6-7;1-7(2,3)11(9)6-8-4-5-10-6;1-6(2,3)11(9)5-8-7-4-10-5/h2*5-6H,1-4H3;4-5H,1-3H3;4H,1-3H3. The fourth-order valence-corrected chi connectivity index (χ4v) is 9.31. The normalized spacial score (nSPS) is 14.7. The molecule has 0 aliphatic carbocycles. The number of nitrogens with zero attached hydrogens (tertiary/aromatic N) is 7. The summed E-state index contributed by atoms with van der Waals surface area (Å²) in [6.45, 7) is 23.3. The van der Waals surface area contributed by atoms with E-state index >= 15 is 0 Å². The number of rotatable bonds is 4. The molecule has 260 valence electrons. The van der Waals surface area contributed by atoms with Gasteiger partial charge >= 0.3 is 0 Å². The van der Waals surface area contributed by atoms with Crippen molar-refractivity contribution >= 4 is 65.9 Å². The van der Waals surface area contributed by atoms with E-state index in [0.717, 1.165) is 9.24 Å². The van der Waals surface area contributed by atoms with Gasteiger partial charge in [0.15, 0.2) is 4.34 Å². The van der Waals surface area contributed by atoms with Crippen molar-refractivity contribution in [3.63, 3.8) is 0 Å².